The molecule has 0 aliphatic heterocycles. The fourth-order valence-corrected chi connectivity index (χ4v) is 3.25. The van der Waals surface area contributed by atoms with Crippen molar-refractivity contribution in [3.63, 3.8) is 0 Å². The summed E-state index contributed by atoms with van der Waals surface area (Å²) in [4.78, 5) is 15.5. The molecule has 2 rings (SSSR count). The number of thiazole rings is 1. The van der Waals surface area contributed by atoms with E-state index in [9.17, 15) is 18.0 Å². The third-order valence-electron chi connectivity index (χ3n) is 3.39. The maximum atomic E-state index is 13.0. The minimum atomic E-state index is -4.66. The van der Waals surface area contributed by atoms with Crippen molar-refractivity contribution in [2.45, 2.75) is 33.0 Å². The molecule has 0 saturated heterocycles. The van der Waals surface area contributed by atoms with Crippen LogP contribution in [0.3, 0.4) is 0 Å². The van der Waals surface area contributed by atoms with Crippen LogP contribution in [0.15, 0.2) is 24.3 Å². The molecular weight excluding hydrogens is 361 g/mol. The monoisotopic (exact) mass is 376 g/mol. The molecule has 1 amide bonds. The zero-order valence-electron chi connectivity index (χ0n) is 13.2. The van der Waals surface area contributed by atoms with Crippen LogP contribution in [0.5, 0.6) is 0 Å². The molecular formula is C16H16ClF3N2OS. The van der Waals surface area contributed by atoms with Gasteiger partial charge in [0.25, 0.3) is 5.91 Å². The largest absolute Gasteiger partial charge is 0.435 e. The average Bonchev–Trinajstić information content (AvgIpc) is 2.88. The normalized spacial score (nSPS) is 13.2. The van der Waals surface area contributed by atoms with Crippen molar-refractivity contribution in [1.82, 2.24) is 10.3 Å². The predicted molar refractivity (Wildman–Crippen MR) is 88.4 cm³/mol. The Bertz CT molecular complexity index is 726. The van der Waals surface area contributed by atoms with E-state index in [2.05, 4.69) is 10.3 Å². The van der Waals surface area contributed by atoms with Gasteiger partial charge in [0.05, 0.1) is 11.0 Å². The Morgan fingerprint density at radius 2 is 1.83 bits per heavy atom. The van der Waals surface area contributed by atoms with Crippen LogP contribution in [-0.2, 0) is 6.18 Å². The number of alkyl halides is 3. The topological polar surface area (TPSA) is 42.0 Å². The molecule has 0 aliphatic carbocycles. The molecule has 24 heavy (non-hydrogen) atoms. The Kier molecular flexibility index (Phi) is 5.55. The van der Waals surface area contributed by atoms with Gasteiger partial charge in [-0.15, -0.1) is 11.3 Å². The Labute approximate surface area is 146 Å². The number of carbonyl (C=O) groups excluding carboxylic acids is 1. The summed E-state index contributed by atoms with van der Waals surface area (Å²) in [5.74, 6) is -0.792. The Hall–Kier alpha value is -1.60. The van der Waals surface area contributed by atoms with Crippen LogP contribution >= 0.6 is 22.9 Å². The minimum absolute atomic E-state index is 0.0153. The van der Waals surface area contributed by atoms with Crippen LogP contribution < -0.4 is 5.32 Å². The van der Waals surface area contributed by atoms with Crippen LogP contribution in [0, 0.1) is 12.8 Å². The molecule has 0 aliphatic rings. The average molecular weight is 377 g/mol. The number of hydrogen-bond acceptors (Lipinski definition) is 3. The second-order valence-corrected chi connectivity index (χ2v) is 7.29. The van der Waals surface area contributed by atoms with E-state index in [0.29, 0.717) is 5.02 Å². The highest BCUT2D eigenvalue weighted by atomic mass is 35.5. The van der Waals surface area contributed by atoms with Gasteiger partial charge < -0.3 is 5.32 Å². The van der Waals surface area contributed by atoms with Crippen LogP contribution in [0.2, 0.25) is 5.02 Å². The summed E-state index contributed by atoms with van der Waals surface area (Å²) in [5.41, 5.74) is -0.362. The Morgan fingerprint density at radius 1 is 1.25 bits per heavy atom. The molecule has 3 nitrogen and oxygen atoms in total. The number of aryl methyl sites for hydroxylation is 1. The summed E-state index contributed by atoms with van der Waals surface area (Å²) in [6, 6.07) is 6.41. The van der Waals surface area contributed by atoms with Crippen LogP contribution in [0.4, 0.5) is 13.2 Å². The molecule has 0 saturated carbocycles. The van der Waals surface area contributed by atoms with Gasteiger partial charge in [-0.1, -0.05) is 37.6 Å². The van der Waals surface area contributed by atoms with E-state index in [4.69, 9.17) is 11.6 Å². The van der Waals surface area contributed by atoms with E-state index < -0.39 is 28.7 Å². The number of halogens is 4. The lowest BCUT2D eigenvalue weighted by atomic mass is 9.96. The summed E-state index contributed by atoms with van der Waals surface area (Å²) in [5, 5.41) is 3.42. The molecule has 130 valence electrons. The van der Waals surface area contributed by atoms with Gasteiger partial charge in [-0.05, 0) is 30.5 Å². The SMILES string of the molecule is Cc1nc(C(F)(F)F)c(C(=O)NC(c2ccc(Cl)cc2)C(C)C)s1. The molecule has 2 aromatic rings. The first kappa shape index (κ1) is 18.7. The van der Waals surface area contributed by atoms with Crippen LogP contribution in [0.25, 0.3) is 0 Å². The van der Waals surface area contributed by atoms with E-state index in [-0.39, 0.29) is 10.9 Å². The van der Waals surface area contributed by atoms with E-state index in [1.54, 1.807) is 24.3 Å². The van der Waals surface area contributed by atoms with Crippen LogP contribution in [-0.4, -0.2) is 10.9 Å². The molecule has 1 aromatic heterocycles. The van der Waals surface area contributed by atoms with Gasteiger partial charge >= 0.3 is 6.18 Å². The van der Waals surface area contributed by atoms with Crippen molar-refractivity contribution in [3.8, 4) is 0 Å². The second kappa shape index (κ2) is 7.11. The molecule has 1 N–H and O–H groups in total. The lowest BCUT2D eigenvalue weighted by Gasteiger charge is -2.23. The van der Waals surface area contributed by atoms with Gasteiger partial charge in [0, 0.05) is 5.02 Å². The summed E-state index contributed by atoms with van der Waals surface area (Å²) >= 11 is 6.59. The van der Waals surface area contributed by atoms with Crippen molar-refractivity contribution in [2.75, 3.05) is 0 Å². The first-order valence-electron chi connectivity index (χ1n) is 7.20. The van der Waals surface area contributed by atoms with Crippen molar-refractivity contribution < 1.29 is 18.0 Å². The van der Waals surface area contributed by atoms with Crippen molar-refractivity contribution in [2.24, 2.45) is 5.92 Å². The summed E-state index contributed by atoms with van der Waals surface area (Å²) in [6.45, 7) is 5.19. The highest BCUT2D eigenvalue weighted by Gasteiger charge is 2.39. The van der Waals surface area contributed by atoms with Gasteiger partial charge in [0.15, 0.2) is 5.69 Å². The van der Waals surface area contributed by atoms with Crippen molar-refractivity contribution >= 4 is 28.8 Å². The standard InChI is InChI=1S/C16H16ClF3N2OS/c1-8(2)12(10-4-6-11(17)7-5-10)22-15(23)13-14(16(18,19)20)21-9(3)24-13/h4-8,12H,1-3H3,(H,22,23). The lowest BCUT2D eigenvalue weighted by Crippen LogP contribution is -2.32. The number of nitrogens with one attached hydrogen (secondary N) is 1. The summed E-state index contributed by atoms with van der Waals surface area (Å²) < 4.78 is 39.1. The second-order valence-electron chi connectivity index (χ2n) is 5.66. The van der Waals surface area contributed by atoms with Gasteiger partial charge in [0.1, 0.15) is 4.88 Å². The van der Waals surface area contributed by atoms with Gasteiger partial charge in [-0.2, -0.15) is 13.2 Å². The molecule has 0 bridgehead atoms. The Morgan fingerprint density at radius 3 is 2.33 bits per heavy atom. The quantitative estimate of drug-likeness (QED) is 0.791. The Balaban J connectivity index is 2.31. The maximum absolute atomic E-state index is 13.0. The van der Waals surface area contributed by atoms with E-state index in [1.165, 1.54) is 6.92 Å². The van der Waals surface area contributed by atoms with E-state index >= 15 is 0 Å². The fourth-order valence-electron chi connectivity index (χ4n) is 2.28. The smallest absolute Gasteiger partial charge is 0.344 e. The van der Waals surface area contributed by atoms with Crippen molar-refractivity contribution in [1.29, 1.82) is 0 Å². The summed E-state index contributed by atoms with van der Waals surface area (Å²) in [7, 11) is 0. The number of carbonyl (C=O) groups is 1. The van der Waals surface area contributed by atoms with Gasteiger partial charge in [-0.25, -0.2) is 4.98 Å². The number of benzene rings is 1. The van der Waals surface area contributed by atoms with E-state index in [1.807, 2.05) is 13.8 Å². The van der Waals surface area contributed by atoms with Gasteiger partial charge in [-0.3, -0.25) is 4.79 Å². The highest BCUT2D eigenvalue weighted by Crippen LogP contribution is 2.34. The van der Waals surface area contributed by atoms with E-state index in [0.717, 1.165) is 16.9 Å². The molecule has 0 radical (unpaired) electrons. The number of nitrogens with zero attached hydrogens (tertiary/aromatic N) is 1. The lowest BCUT2D eigenvalue weighted by molar-refractivity contribution is -0.141. The molecule has 1 heterocycles. The van der Waals surface area contributed by atoms with Crippen molar-refractivity contribution in [3.05, 3.63) is 50.4 Å². The first-order chi connectivity index (χ1) is 11.1. The highest BCUT2D eigenvalue weighted by molar-refractivity contribution is 7.13. The molecule has 0 fully saturated rings. The molecule has 8 heteroatoms. The molecule has 1 unspecified atom stereocenters. The fraction of sp³-hybridized carbons (Fsp3) is 0.375. The number of hydrogen-bond donors (Lipinski definition) is 1. The molecule has 1 atom stereocenters. The zero-order valence-corrected chi connectivity index (χ0v) is 14.8. The first-order valence-corrected chi connectivity index (χ1v) is 8.40. The number of rotatable bonds is 4. The minimum Gasteiger partial charge on any atom is -0.344 e. The van der Waals surface area contributed by atoms with Crippen LogP contribution in [0.1, 0.15) is 45.8 Å². The third-order valence-corrected chi connectivity index (χ3v) is 4.61. The number of amides is 1. The van der Waals surface area contributed by atoms with Gasteiger partial charge in [0.2, 0.25) is 0 Å². The number of aromatic nitrogens is 1. The zero-order chi connectivity index (χ0) is 18.1. The summed E-state index contributed by atoms with van der Waals surface area (Å²) in [6.07, 6.45) is -4.66. The molecule has 1 aromatic carbocycles. The molecule has 0 spiro atoms. The predicted octanol–water partition coefficient (Wildman–Crippen LogP) is 5.25. The maximum Gasteiger partial charge on any atom is 0.435 e. The third kappa shape index (κ3) is 4.27.